The van der Waals surface area contributed by atoms with Gasteiger partial charge in [-0.25, -0.2) is 4.68 Å². The Bertz CT molecular complexity index is 681. The molecule has 1 unspecified atom stereocenters. The summed E-state index contributed by atoms with van der Waals surface area (Å²) in [5.41, 5.74) is 3.51. The van der Waals surface area contributed by atoms with Crippen molar-refractivity contribution >= 4 is 5.97 Å². The fourth-order valence-corrected chi connectivity index (χ4v) is 3.32. The minimum Gasteiger partial charge on any atom is -0.481 e. The summed E-state index contributed by atoms with van der Waals surface area (Å²) in [6.45, 7) is 0. The van der Waals surface area contributed by atoms with Crippen LogP contribution in [0.4, 0.5) is 0 Å². The Labute approximate surface area is 129 Å². The van der Waals surface area contributed by atoms with Crippen LogP contribution in [0.3, 0.4) is 0 Å². The number of hydrogen-bond donors (Lipinski definition) is 1. The topological polar surface area (TPSA) is 55.1 Å². The molecule has 0 radical (unpaired) electrons. The van der Waals surface area contributed by atoms with Crippen LogP contribution in [0.5, 0.6) is 0 Å². The van der Waals surface area contributed by atoms with Gasteiger partial charge in [0, 0.05) is 17.8 Å². The third-order valence-electron chi connectivity index (χ3n) is 4.82. The van der Waals surface area contributed by atoms with Gasteiger partial charge in [-0.1, -0.05) is 12.1 Å². The van der Waals surface area contributed by atoms with E-state index in [0.717, 1.165) is 24.1 Å². The lowest BCUT2D eigenvalue weighted by Gasteiger charge is -2.15. The maximum atomic E-state index is 11.1. The second-order valence-corrected chi connectivity index (χ2v) is 6.58. The largest absolute Gasteiger partial charge is 0.481 e. The van der Waals surface area contributed by atoms with E-state index in [4.69, 9.17) is 5.11 Å². The average Bonchev–Trinajstić information content (AvgIpc) is 3.44. The van der Waals surface area contributed by atoms with E-state index < -0.39 is 5.97 Å². The Balaban J connectivity index is 1.59. The third-order valence-corrected chi connectivity index (χ3v) is 4.82. The normalized spacial score (nSPS) is 19.1. The van der Waals surface area contributed by atoms with E-state index in [1.165, 1.54) is 18.5 Å². The van der Waals surface area contributed by atoms with Crippen LogP contribution in [0.25, 0.3) is 5.69 Å². The Morgan fingerprint density at radius 2 is 1.91 bits per heavy atom. The van der Waals surface area contributed by atoms with Crippen molar-refractivity contribution in [2.45, 2.75) is 43.9 Å². The molecule has 114 valence electrons. The lowest BCUT2D eigenvalue weighted by Crippen LogP contribution is -2.09. The first kappa shape index (κ1) is 13.6. The first-order valence-electron chi connectivity index (χ1n) is 8.08. The number of carbonyl (C=O) groups is 1. The van der Waals surface area contributed by atoms with Crippen molar-refractivity contribution in [2.24, 2.45) is 5.92 Å². The van der Waals surface area contributed by atoms with Crippen molar-refractivity contribution in [2.75, 3.05) is 0 Å². The van der Waals surface area contributed by atoms with Gasteiger partial charge in [-0.15, -0.1) is 0 Å². The lowest BCUT2D eigenvalue weighted by atomic mass is 9.91. The van der Waals surface area contributed by atoms with E-state index in [0.29, 0.717) is 11.8 Å². The highest BCUT2D eigenvalue weighted by molar-refractivity contribution is 5.68. The van der Waals surface area contributed by atoms with Gasteiger partial charge in [0.1, 0.15) is 0 Å². The molecule has 2 saturated carbocycles. The predicted molar refractivity (Wildman–Crippen MR) is 83.3 cm³/mol. The number of rotatable bonds is 6. The molecule has 1 atom stereocenters. The molecule has 4 nitrogen and oxygen atoms in total. The standard InChI is InChI=1S/C18H20N2O2/c21-18(22)11-16(12-1-2-12)13-5-7-15(8-6-13)20-17(9-10-19-20)14-3-4-14/h5-10,12,14,16H,1-4,11H2,(H,21,22). The van der Waals surface area contributed by atoms with Gasteiger partial charge in [0.15, 0.2) is 0 Å². The first-order chi connectivity index (χ1) is 10.7. The van der Waals surface area contributed by atoms with Crippen LogP contribution < -0.4 is 0 Å². The fraction of sp³-hybridized carbons (Fsp3) is 0.444. The number of nitrogens with zero attached hydrogens (tertiary/aromatic N) is 2. The van der Waals surface area contributed by atoms with Crippen molar-refractivity contribution in [1.82, 2.24) is 9.78 Å². The van der Waals surface area contributed by atoms with Gasteiger partial charge in [0.2, 0.25) is 0 Å². The molecule has 2 aliphatic carbocycles. The molecular weight excluding hydrogens is 276 g/mol. The molecule has 0 bridgehead atoms. The number of carboxylic acid groups (broad SMARTS) is 1. The van der Waals surface area contributed by atoms with Gasteiger partial charge in [-0.2, -0.15) is 5.10 Å². The molecule has 22 heavy (non-hydrogen) atoms. The quantitative estimate of drug-likeness (QED) is 0.884. The number of benzene rings is 1. The highest BCUT2D eigenvalue weighted by atomic mass is 16.4. The van der Waals surface area contributed by atoms with Gasteiger partial charge in [0.25, 0.3) is 0 Å². The van der Waals surface area contributed by atoms with Crippen LogP contribution in [-0.2, 0) is 4.79 Å². The SMILES string of the molecule is O=C(O)CC(c1ccc(-n2nccc2C2CC2)cc1)C1CC1. The summed E-state index contributed by atoms with van der Waals surface area (Å²) in [4.78, 5) is 11.1. The monoisotopic (exact) mass is 296 g/mol. The van der Waals surface area contributed by atoms with E-state index in [2.05, 4.69) is 35.4 Å². The smallest absolute Gasteiger partial charge is 0.303 e. The van der Waals surface area contributed by atoms with Crippen LogP contribution in [0.15, 0.2) is 36.5 Å². The minimum absolute atomic E-state index is 0.159. The maximum absolute atomic E-state index is 11.1. The van der Waals surface area contributed by atoms with Crippen LogP contribution in [-0.4, -0.2) is 20.9 Å². The molecule has 1 aromatic carbocycles. The molecular formula is C18H20N2O2. The summed E-state index contributed by atoms with van der Waals surface area (Å²) in [7, 11) is 0. The highest BCUT2D eigenvalue weighted by Gasteiger charge is 2.33. The zero-order valence-corrected chi connectivity index (χ0v) is 12.5. The Morgan fingerprint density at radius 3 is 2.50 bits per heavy atom. The molecule has 1 aromatic heterocycles. The zero-order chi connectivity index (χ0) is 15.1. The van der Waals surface area contributed by atoms with E-state index in [1.54, 1.807) is 0 Å². The van der Waals surface area contributed by atoms with E-state index >= 15 is 0 Å². The summed E-state index contributed by atoms with van der Waals surface area (Å²) < 4.78 is 2.02. The number of aromatic nitrogens is 2. The second kappa shape index (κ2) is 5.27. The Kier molecular flexibility index (Phi) is 3.25. The summed E-state index contributed by atoms with van der Waals surface area (Å²) >= 11 is 0. The summed E-state index contributed by atoms with van der Waals surface area (Å²) in [5.74, 6) is 0.665. The summed E-state index contributed by atoms with van der Waals surface area (Å²) in [6, 6.07) is 10.4. The second-order valence-electron chi connectivity index (χ2n) is 6.58. The van der Waals surface area contributed by atoms with Gasteiger partial charge in [-0.3, -0.25) is 4.79 Å². The van der Waals surface area contributed by atoms with Gasteiger partial charge < -0.3 is 5.11 Å². The van der Waals surface area contributed by atoms with Gasteiger partial charge >= 0.3 is 5.97 Å². The van der Waals surface area contributed by atoms with Crippen molar-refractivity contribution in [3.8, 4) is 5.69 Å². The molecule has 0 amide bonds. The van der Waals surface area contributed by atoms with Crippen molar-refractivity contribution in [3.63, 3.8) is 0 Å². The van der Waals surface area contributed by atoms with Crippen molar-refractivity contribution in [3.05, 3.63) is 47.8 Å². The molecule has 0 aliphatic heterocycles. The predicted octanol–water partition coefficient (Wildman–Crippen LogP) is 3.72. The molecule has 4 rings (SSSR count). The summed E-state index contributed by atoms with van der Waals surface area (Å²) in [5, 5.41) is 13.6. The third kappa shape index (κ3) is 2.65. The van der Waals surface area contributed by atoms with E-state index in [1.807, 2.05) is 10.9 Å². The molecule has 1 heterocycles. The Hall–Kier alpha value is -2.10. The van der Waals surface area contributed by atoms with Crippen LogP contribution >= 0.6 is 0 Å². The van der Waals surface area contributed by atoms with Crippen molar-refractivity contribution in [1.29, 1.82) is 0 Å². The minimum atomic E-state index is -0.705. The Morgan fingerprint density at radius 1 is 1.18 bits per heavy atom. The fourth-order valence-electron chi connectivity index (χ4n) is 3.32. The van der Waals surface area contributed by atoms with Crippen LogP contribution in [0.2, 0.25) is 0 Å². The molecule has 2 aliphatic rings. The van der Waals surface area contributed by atoms with Gasteiger partial charge in [-0.05, 0) is 61.3 Å². The summed E-state index contributed by atoms with van der Waals surface area (Å²) in [6.07, 6.45) is 6.92. The molecule has 2 fully saturated rings. The average molecular weight is 296 g/mol. The number of aliphatic carboxylic acids is 1. The van der Waals surface area contributed by atoms with Gasteiger partial charge in [0.05, 0.1) is 12.1 Å². The van der Waals surface area contributed by atoms with E-state index in [-0.39, 0.29) is 12.3 Å². The van der Waals surface area contributed by atoms with Crippen molar-refractivity contribution < 1.29 is 9.90 Å². The first-order valence-corrected chi connectivity index (χ1v) is 8.08. The lowest BCUT2D eigenvalue weighted by molar-refractivity contribution is -0.137. The molecule has 0 saturated heterocycles. The maximum Gasteiger partial charge on any atom is 0.303 e. The van der Waals surface area contributed by atoms with Crippen LogP contribution in [0.1, 0.15) is 55.2 Å². The van der Waals surface area contributed by atoms with E-state index in [9.17, 15) is 4.79 Å². The molecule has 0 spiro atoms. The molecule has 1 N–H and O–H groups in total. The molecule has 4 heteroatoms. The zero-order valence-electron chi connectivity index (χ0n) is 12.5. The van der Waals surface area contributed by atoms with Crippen LogP contribution in [0, 0.1) is 5.92 Å². The highest BCUT2D eigenvalue weighted by Crippen LogP contribution is 2.45. The number of carboxylic acids is 1. The molecule has 2 aromatic rings. The number of hydrogen-bond acceptors (Lipinski definition) is 2.